The topological polar surface area (TPSA) is 59.4 Å². The summed E-state index contributed by atoms with van der Waals surface area (Å²) < 4.78 is 7.73. The summed E-state index contributed by atoms with van der Waals surface area (Å²) in [6.45, 7) is 8.52. The molecule has 2 aromatic rings. The molecule has 6 heteroatoms. The van der Waals surface area contributed by atoms with E-state index in [1.807, 2.05) is 41.4 Å². The van der Waals surface area contributed by atoms with Crippen LogP contribution in [-0.4, -0.2) is 53.4 Å². The van der Waals surface area contributed by atoms with E-state index in [9.17, 15) is 4.79 Å². The Morgan fingerprint density at radius 3 is 2.50 bits per heavy atom. The Kier molecular flexibility index (Phi) is 5.67. The molecular weight excluding hydrogens is 352 g/mol. The van der Waals surface area contributed by atoms with Gasteiger partial charge in [-0.25, -0.2) is 4.68 Å². The van der Waals surface area contributed by atoms with Crippen LogP contribution in [0.3, 0.4) is 0 Å². The van der Waals surface area contributed by atoms with Gasteiger partial charge in [0.2, 0.25) is 0 Å². The molecule has 0 spiro atoms. The maximum atomic E-state index is 13.3. The highest BCUT2D eigenvalue weighted by molar-refractivity contribution is 5.95. The van der Waals surface area contributed by atoms with Crippen LogP contribution in [0.25, 0.3) is 5.69 Å². The summed E-state index contributed by atoms with van der Waals surface area (Å²) in [5, 5.41) is 8.11. The summed E-state index contributed by atoms with van der Waals surface area (Å²) in [6.07, 6.45) is 3.96. The van der Waals surface area contributed by atoms with Crippen molar-refractivity contribution in [3.05, 3.63) is 42.2 Å². The molecular formula is C22H30N4O2. The van der Waals surface area contributed by atoms with E-state index in [4.69, 9.17) is 4.74 Å². The molecule has 1 aromatic carbocycles. The standard InChI is InChI=1S/C22H30N4O2/c1-16(2)15-28-20-14-26(19-6-4-3-5-7-19)24-21(20)22(27)25-10-8-17-12-23-13-18(17)9-11-25/h3-7,14,16-18,23H,8-13,15H2,1-2H3/t17-,18+. The molecule has 1 amide bonds. The minimum absolute atomic E-state index is 0.0126. The van der Waals surface area contributed by atoms with Crippen LogP contribution in [-0.2, 0) is 0 Å². The Hall–Kier alpha value is -2.34. The van der Waals surface area contributed by atoms with E-state index in [1.54, 1.807) is 4.68 Å². The normalized spacial score (nSPS) is 22.2. The third kappa shape index (κ3) is 4.07. The first-order chi connectivity index (χ1) is 13.6. The van der Waals surface area contributed by atoms with Gasteiger partial charge in [0.15, 0.2) is 11.4 Å². The van der Waals surface area contributed by atoms with Crippen molar-refractivity contribution in [3.8, 4) is 11.4 Å². The Balaban J connectivity index is 1.57. The van der Waals surface area contributed by atoms with Gasteiger partial charge in [0, 0.05) is 13.1 Å². The Morgan fingerprint density at radius 2 is 1.86 bits per heavy atom. The predicted molar refractivity (Wildman–Crippen MR) is 109 cm³/mol. The molecule has 2 saturated heterocycles. The number of carbonyl (C=O) groups excluding carboxylic acids is 1. The van der Waals surface area contributed by atoms with Crippen LogP contribution in [0.15, 0.2) is 36.5 Å². The summed E-state index contributed by atoms with van der Waals surface area (Å²) in [4.78, 5) is 15.3. The zero-order valence-electron chi connectivity index (χ0n) is 16.8. The predicted octanol–water partition coefficient (Wildman–Crippen LogP) is 2.98. The monoisotopic (exact) mass is 382 g/mol. The van der Waals surface area contributed by atoms with Crippen LogP contribution in [0.1, 0.15) is 37.2 Å². The zero-order chi connectivity index (χ0) is 19.5. The van der Waals surface area contributed by atoms with Gasteiger partial charge >= 0.3 is 0 Å². The molecule has 0 aliphatic carbocycles. The van der Waals surface area contributed by atoms with Gasteiger partial charge in [0.1, 0.15) is 0 Å². The van der Waals surface area contributed by atoms with Crippen molar-refractivity contribution in [3.63, 3.8) is 0 Å². The van der Waals surface area contributed by atoms with E-state index in [0.717, 1.165) is 44.7 Å². The average molecular weight is 383 g/mol. The first-order valence-corrected chi connectivity index (χ1v) is 10.4. The number of para-hydroxylation sites is 1. The number of nitrogens with zero attached hydrogens (tertiary/aromatic N) is 3. The van der Waals surface area contributed by atoms with Crippen molar-refractivity contribution in [2.24, 2.45) is 17.8 Å². The smallest absolute Gasteiger partial charge is 0.278 e. The second kappa shape index (κ2) is 8.35. The summed E-state index contributed by atoms with van der Waals surface area (Å²) in [5.74, 6) is 2.33. The lowest BCUT2D eigenvalue weighted by atomic mass is 9.92. The number of likely N-dealkylation sites (tertiary alicyclic amines) is 1. The first kappa shape index (κ1) is 19.0. The minimum Gasteiger partial charge on any atom is -0.489 e. The lowest BCUT2D eigenvalue weighted by Crippen LogP contribution is -2.33. The molecule has 0 saturated carbocycles. The average Bonchev–Trinajstić information content (AvgIpc) is 3.29. The van der Waals surface area contributed by atoms with Crippen molar-refractivity contribution < 1.29 is 9.53 Å². The number of hydrogen-bond acceptors (Lipinski definition) is 4. The van der Waals surface area contributed by atoms with Crippen LogP contribution < -0.4 is 10.1 Å². The Morgan fingerprint density at radius 1 is 1.18 bits per heavy atom. The second-order valence-electron chi connectivity index (χ2n) is 8.37. The van der Waals surface area contributed by atoms with Crippen molar-refractivity contribution in [1.82, 2.24) is 20.0 Å². The quantitative estimate of drug-likeness (QED) is 0.864. The first-order valence-electron chi connectivity index (χ1n) is 10.4. The summed E-state index contributed by atoms with van der Waals surface area (Å²) in [5.41, 5.74) is 1.35. The van der Waals surface area contributed by atoms with Gasteiger partial charge in [-0.05, 0) is 55.8 Å². The van der Waals surface area contributed by atoms with Crippen molar-refractivity contribution >= 4 is 5.91 Å². The fraction of sp³-hybridized carbons (Fsp3) is 0.545. The highest BCUT2D eigenvalue weighted by atomic mass is 16.5. The molecule has 4 rings (SSSR count). The van der Waals surface area contributed by atoms with Crippen LogP contribution in [0, 0.1) is 17.8 Å². The van der Waals surface area contributed by atoms with Crippen LogP contribution >= 0.6 is 0 Å². The van der Waals surface area contributed by atoms with E-state index < -0.39 is 0 Å². The van der Waals surface area contributed by atoms with Gasteiger partial charge < -0.3 is 15.0 Å². The largest absolute Gasteiger partial charge is 0.489 e. The van der Waals surface area contributed by atoms with E-state index in [-0.39, 0.29) is 5.91 Å². The summed E-state index contributed by atoms with van der Waals surface area (Å²) in [6, 6.07) is 9.86. The van der Waals surface area contributed by atoms with E-state index in [2.05, 4.69) is 24.3 Å². The lowest BCUT2D eigenvalue weighted by Gasteiger charge is -2.20. The number of rotatable bonds is 5. The number of benzene rings is 1. The van der Waals surface area contributed by atoms with Crippen molar-refractivity contribution in [2.75, 3.05) is 32.8 Å². The number of hydrogen-bond donors (Lipinski definition) is 1. The molecule has 2 aliphatic heterocycles. The highest BCUT2D eigenvalue weighted by Gasteiger charge is 2.33. The Bertz CT molecular complexity index is 788. The van der Waals surface area contributed by atoms with Crippen molar-refractivity contribution in [2.45, 2.75) is 26.7 Å². The zero-order valence-corrected chi connectivity index (χ0v) is 16.8. The van der Waals surface area contributed by atoms with Gasteiger partial charge in [-0.15, -0.1) is 0 Å². The molecule has 2 atom stereocenters. The maximum absolute atomic E-state index is 13.3. The molecule has 28 heavy (non-hydrogen) atoms. The minimum atomic E-state index is -0.0126. The molecule has 3 heterocycles. The number of aromatic nitrogens is 2. The van der Waals surface area contributed by atoms with Crippen LogP contribution in [0.5, 0.6) is 5.75 Å². The van der Waals surface area contributed by atoms with Crippen LogP contribution in [0.4, 0.5) is 0 Å². The molecule has 0 radical (unpaired) electrons. The SMILES string of the molecule is CC(C)COc1cn(-c2ccccc2)nc1C(=O)N1CC[C@@H]2CNC[C@@H]2CC1. The van der Waals surface area contributed by atoms with Crippen molar-refractivity contribution in [1.29, 1.82) is 0 Å². The molecule has 1 N–H and O–H groups in total. The summed E-state index contributed by atoms with van der Waals surface area (Å²) >= 11 is 0. The number of carbonyl (C=O) groups is 1. The second-order valence-corrected chi connectivity index (χ2v) is 8.37. The van der Waals surface area contributed by atoms with E-state index >= 15 is 0 Å². The fourth-order valence-electron chi connectivity index (χ4n) is 4.15. The maximum Gasteiger partial charge on any atom is 0.278 e. The molecule has 2 fully saturated rings. The number of ether oxygens (including phenoxy) is 1. The highest BCUT2D eigenvalue weighted by Crippen LogP contribution is 2.29. The third-order valence-electron chi connectivity index (χ3n) is 5.78. The third-order valence-corrected chi connectivity index (χ3v) is 5.78. The van der Waals surface area contributed by atoms with Gasteiger partial charge in [0.25, 0.3) is 5.91 Å². The van der Waals surface area contributed by atoms with Crippen LogP contribution in [0.2, 0.25) is 0 Å². The number of fused-ring (bicyclic) bond motifs is 1. The number of nitrogens with one attached hydrogen (secondary N) is 1. The molecule has 2 aliphatic rings. The van der Waals surface area contributed by atoms with E-state index in [0.29, 0.717) is 35.8 Å². The molecule has 1 aromatic heterocycles. The lowest BCUT2D eigenvalue weighted by molar-refractivity contribution is 0.0747. The number of amides is 1. The van der Waals surface area contributed by atoms with E-state index in [1.165, 1.54) is 0 Å². The molecule has 0 bridgehead atoms. The van der Waals surface area contributed by atoms with Gasteiger partial charge in [0.05, 0.1) is 18.5 Å². The van der Waals surface area contributed by atoms with Gasteiger partial charge in [-0.2, -0.15) is 5.10 Å². The molecule has 0 unspecified atom stereocenters. The fourth-order valence-corrected chi connectivity index (χ4v) is 4.15. The Labute approximate surface area is 166 Å². The molecule has 150 valence electrons. The van der Waals surface area contributed by atoms with Gasteiger partial charge in [-0.1, -0.05) is 32.0 Å². The molecule has 6 nitrogen and oxygen atoms in total. The van der Waals surface area contributed by atoms with Gasteiger partial charge in [-0.3, -0.25) is 4.79 Å². The summed E-state index contributed by atoms with van der Waals surface area (Å²) in [7, 11) is 0.